The lowest BCUT2D eigenvalue weighted by Crippen LogP contribution is -1.90. The van der Waals surface area contributed by atoms with Crippen molar-refractivity contribution in [1.29, 1.82) is 0 Å². The van der Waals surface area contributed by atoms with Crippen LogP contribution in [-0.4, -0.2) is 12.4 Å². The minimum Gasteiger partial charge on any atom is -0.496 e. The molecule has 0 radical (unpaired) electrons. The fourth-order valence-corrected chi connectivity index (χ4v) is 2.60. The van der Waals surface area contributed by atoms with E-state index in [2.05, 4.69) is 59.3 Å². The Morgan fingerprint density at radius 2 is 2.00 bits per heavy atom. The first-order valence-corrected chi connectivity index (χ1v) is 7.23. The summed E-state index contributed by atoms with van der Waals surface area (Å²) in [4.78, 5) is 0. The summed E-state index contributed by atoms with van der Waals surface area (Å²) >= 11 is 3.53. The van der Waals surface area contributed by atoms with Crippen molar-refractivity contribution in [2.24, 2.45) is 0 Å². The van der Waals surface area contributed by atoms with Crippen LogP contribution in [0.3, 0.4) is 0 Å². The van der Waals surface area contributed by atoms with Gasteiger partial charge >= 0.3 is 0 Å². The predicted octanol–water partition coefficient (Wildman–Crippen LogP) is 5.04. The van der Waals surface area contributed by atoms with E-state index in [1.165, 1.54) is 21.9 Å². The van der Waals surface area contributed by atoms with Crippen molar-refractivity contribution in [3.8, 4) is 5.75 Å². The number of ether oxygens (including phenoxy) is 1. The van der Waals surface area contributed by atoms with Crippen molar-refractivity contribution in [2.75, 3.05) is 12.4 Å². The zero-order valence-corrected chi connectivity index (χ0v) is 12.3. The molecule has 0 amide bonds. The van der Waals surface area contributed by atoms with Gasteiger partial charge in [0.05, 0.1) is 7.11 Å². The topological polar surface area (TPSA) is 9.23 Å². The Bertz CT molecular complexity index is 566. The van der Waals surface area contributed by atoms with Crippen molar-refractivity contribution in [3.63, 3.8) is 0 Å². The van der Waals surface area contributed by atoms with Gasteiger partial charge in [-0.3, -0.25) is 0 Å². The van der Waals surface area contributed by atoms with E-state index in [4.69, 9.17) is 4.74 Å². The Labute approximate surface area is 117 Å². The fourth-order valence-electron chi connectivity index (χ4n) is 2.04. The molecular formula is C16H17BrO. The highest BCUT2D eigenvalue weighted by Crippen LogP contribution is 2.30. The molecule has 0 aliphatic carbocycles. The predicted molar refractivity (Wildman–Crippen MR) is 82.6 cm³/mol. The van der Waals surface area contributed by atoms with Gasteiger partial charge in [-0.05, 0) is 23.3 Å². The largest absolute Gasteiger partial charge is 0.496 e. The number of hydrogen-bond acceptors (Lipinski definition) is 1. The molecule has 0 saturated carbocycles. The molecule has 0 spiro atoms. The number of alkyl halides is 1. The van der Waals surface area contributed by atoms with Gasteiger partial charge in [-0.1, -0.05) is 64.8 Å². The van der Waals surface area contributed by atoms with Crippen LogP contribution >= 0.6 is 15.9 Å². The van der Waals surface area contributed by atoms with E-state index < -0.39 is 0 Å². The molecule has 2 heteroatoms. The molecule has 94 valence electrons. The smallest absolute Gasteiger partial charge is 0.126 e. The average molecular weight is 305 g/mol. The third kappa shape index (κ3) is 2.59. The van der Waals surface area contributed by atoms with Gasteiger partial charge in [-0.2, -0.15) is 0 Å². The Morgan fingerprint density at radius 3 is 2.67 bits per heavy atom. The van der Waals surface area contributed by atoms with Crippen LogP contribution in [0.4, 0.5) is 0 Å². The third-order valence-electron chi connectivity index (χ3n) is 3.12. The van der Waals surface area contributed by atoms with E-state index in [-0.39, 0.29) is 0 Å². The van der Waals surface area contributed by atoms with Crippen LogP contribution in [0, 0.1) is 0 Å². The molecule has 2 rings (SSSR count). The first-order chi connectivity index (χ1) is 8.80. The standard InChI is InChI=1S/C16H17BrO/c1-3-12(11-17)10-15-14-7-5-4-6-13(14)8-9-16(15)18-2/h4-10H,3,11H2,1-2H3. The number of halogens is 1. The maximum atomic E-state index is 5.48. The van der Waals surface area contributed by atoms with E-state index in [1.807, 2.05) is 6.07 Å². The van der Waals surface area contributed by atoms with E-state index >= 15 is 0 Å². The van der Waals surface area contributed by atoms with Crippen LogP contribution in [0.2, 0.25) is 0 Å². The van der Waals surface area contributed by atoms with Gasteiger partial charge in [0.15, 0.2) is 0 Å². The zero-order chi connectivity index (χ0) is 13.0. The first kappa shape index (κ1) is 13.2. The molecule has 18 heavy (non-hydrogen) atoms. The van der Waals surface area contributed by atoms with Crippen LogP contribution in [0.1, 0.15) is 18.9 Å². The van der Waals surface area contributed by atoms with Crippen LogP contribution in [-0.2, 0) is 0 Å². The Morgan fingerprint density at radius 1 is 1.22 bits per heavy atom. The summed E-state index contributed by atoms with van der Waals surface area (Å²) in [5.74, 6) is 0.931. The highest BCUT2D eigenvalue weighted by Gasteiger charge is 2.06. The lowest BCUT2D eigenvalue weighted by atomic mass is 10.0. The molecule has 0 aliphatic heterocycles. The van der Waals surface area contributed by atoms with Gasteiger partial charge in [-0.25, -0.2) is 0 Å². The molecule has 2 aromatic rings. The third-order valence-corrected chi connectivity index (χ3v) is 3.85. The highest BCUT2D eigenvalue weighted by molar-refractivity contribution is 9.09. The van der Waals surface area contributed by atoms with E-state index in [9.17, 15) is 0 Å². The van der Waals surface area contributed by atoms with Gasteiger partial charge in [-0.15, -0.1) is 0 Å². The quantitative estimate of drug-likeness (QED) is 0.719. The van der Waals surface area contributed by atoms with Crippen molar-refractivity contribution in [1.82, 2.24) is 0 Å². The summed E-state index contributed by atoms with van der Waals surface area (Å²) in [6, 6.07) is 12.5. The summed E-state index contributed by atoms with van der Waals surface area (Å²) in [7, 11) is 1.72. The Balaban J connectivity index is 2.68. The normalized spacial score (nSPS) is 11.8. The second-order valence-electron chi connectivity index (χ2n) is 4.19. The average Bonchev–Trinajstić information content (AvgIpc) is 2.44. The molecule has 0 N–H and O–H groups in total. The number of rotatable bonds is 4. The van der Waals surface area contributed by atoms with Gasteiger partial charge in [0, 0.05) is 10.9 Å². The second-order valence-corrected chi connectivity index (χ2v) is 4.75. The van der Waals surface area contributed by atoms with Gasteiger partial charge in [0.2, 0.25) is 0 Å². The molecule has 0 heterocycles. The van der Waals surface area contributed by atoms with Crippen molar-refractivity contribution < 1.29 is 4.74 Å². The monoisotopic (exact) mass is 304 g/mol. The highest BCUT2D eigenvalue weighted by atomic mass is 79.9. The minimum absolute atomic E-state index is 0.899. The van der Waals surface area contributed by atoms with Crippen molar-refractivity contribution >= 4 is 32.8 Å². The van der Waals surface area contributed by atoms with E-state index in [0.717, 1.165) is 17.5 Å². The molecule has 0 bridgehead atoms. The fraction of sp³-hybridized carbons (Fsp3) is 0.250. The second kappa shape index (κ2) is 6.05. The summed E-state index contributed by atoms with van der Waals surface area (Å²) < 4.78 is 5.48. The van der Waals surface area contributed by atoms with Crippen molar-refractivity contribution in [2.45, 2.75) is 13.3 Å². The molecule has 0 fully saturated rings. The van der Waals surface area contributed by atoms with Crippen LogP contribution < -0.4 is 4.74 Å². The SMILES string of the molecule is CCC(=Cc1c(OC)ccc2ccccc12)CBr. The maximum Gasteiger partial charge on any atom is 0.126 e. The molecule has 0 unspecified atom stereocenters. The molecule has 0 aliphatic rings. The number of allylic oxidation sites excluding steroid dienone is 1. The van der Waals surface area contributed by atoms with Crippen LogP contribution in [0.15, 0.2) is 42.0 Å². The lowest BCUT2D eigenvalue weighted by Gasteiger charge is -2.10. The summed E-state index contributed by atoms with van der Waals surface area (Å²) in [5, 5.41) is 3.38. The zero-order valence-electron chi connectivity index (χ0n) is 10.7. The molecule has 0 aromatic heterocycles. The Hall–Kier alpha value is -1.28. The van der Waals surface area contributed by atoms with Gasteiger partial charge in [0.1, 0.15) is 5.75 Å². The van der Waals surface area contributed by atoms with Crippen molar-refractivity contribution in [3.05, 3.63) is 47.5 Å². The minimum atomic E-state index is 0.899. The lowest BCUT2D eigenvalue weighted by molar-refractivity contribution is 0.414. The van der Waals surface area contributed by atoms with E-state index in [1.54, 1.807) is 7.11 Å². The molecule has 0 saturated heterocycles. The Kier molecular flexibility index (Phi) is 4.43. The number of benzene rings is 2. The first-order valence-electron chi connectivity index (χ1n) is 6.11. The maximum absolute atomic E-state index is 5.48. The van der Waals surface area contributed by atoms with E-state index in [0.29, 0.717) is 0 Å². The summed E-state index contributed by atoms with van der Waals surface area (Å²) in [5.41, 5.74) is 2.54. The summed E-state index contributed by atoms with van der Waals surface area (Å²) in [6.07, 6.45) is 3.27. The summed E-state index contributed by atoms with van der Waals surface area (Å²) in [6.45, 7) is 2.17. The van der Waals surface area contributed by atoms with Crippen LogP contribution in [0.5, 0.6) is 5.75 Å². The van der Waals surface area contributed by atoms with Gasteiger partial charge in [0.25, 0.3) is 0 Å². The number of fused-ring (bicyclic) bond motifs is 1. The van der Waals surface area contributed by atoms with Gasteiger partial charge < -0.3 is 4.74 Å². The molecule has 2 aromatic carbocycles. The molecule has 1 nitrogen and oxygen atoms in total. The molecule has 0 atom stereocenters. The number of methoxy groups -OCH3 is 1. The number of hydrogen-bond donors (Lipinski definition) is 0. The van der Waals surface area contributed by atoms with Crippen LogP contribution in [0.25, 0.3) is 16.8 Å². The molecular weight excluding hydrogens is 288 g/mol.